The second-order valence-electron chi connectivity index (χ2n) is 5.93. The molecule has 0 amide bonds. The number of likely N-dealkylation sites (tertiary alicyclic amines) is 2. The summed E-state index contributed by atoms with van der Waals surface area (Å²) < 4.78 is 1.21. The van der Waals surface area contributed by atoms with Crippen molar-refractivity contribution in [2.24, 2.45) is 0 Å². The molecule has 0 spiro atoms. The van der Waals surface area contributed by atoms with Gasteiger partial charge in [-0.05, 0) is 59.6 Å². The highest BCUT2D eigenvalue weighted by Crippen LogP contribution is 2.29. The number of nitrogens with zero attached hydrogens (tertiary/aromatic N) is 2. The van der Waals surface area contributed by atoms with Gasteiger partial charge in [-0.3, -0.25) is 14.6 Å². The van der Waals surface area contributed by atoms with Gasteiger partial charge in [0.2, 0.25) is 0 Å². The summed E-state index contributed by atoms with van der Waals surface area (Å²) in [5, 5.41) is 11.4. The summed E-state index contributed by atoms with van der Waals surface area (Å²) in [5.41, 5.74) is 0. The summed E-state index contributed by atoms with van der Waals surface area (Å²) in [4.78, 5) is 17.4. The van der Waals surface area contributed by atoms with Gasteiger partial charge in [-0.25, -0.2) is 0 Å². The van der Waals surface area contributed by atoms with Gasteiger partial charge in [0.1, 0.15) is 6.04 Å². The maximum Gasteiger partial charge on any atom is 0.320 e. The van der Waals surface area contributed by atoms with Crippen molar-refractivity contribution >= 4 is 33.2 Å². The molecule has 1 N–H and O–H groups in total. The topological polar surface area (TPSA) is 43.8 Å². The molecule has 3 rings (SSSR count). The largest absolute Gasteiger partial charge is 0.480 e. The molecular formula is C15H21BrN2O2S. The fourth-order valence-electron chi connectivity index (χ4n) is 3.54. The Bertz CT molecular complexity index is 500. The fourth-order valence-corrected chi connectivity index (χ4v) is 5.06. The van der Waals surface area contributed by atoms with Crippen LogP contribution in [0, 0.1) is 0 Å². The van der Waals surface area contributed by atoms with E-state index in [-0.39, 0.29) is 6.04 Å². The average molecular weight is 373 g/mol. The van der Waals surface area contributed by atoms with Crippen molar-refractivity contribution in [1.29, 1.82) is 0 Å². The number of hydrogen-bond acceptors (Lipinski definition) is 4. The highest BCUT2D eigenvalue weighted by atomic mass is 79.9. The minimum atomic E-state index is -0.641. The van der Waals surface area contributed by atoms with Gasteiger partial charge in [-0.1, -0.05) is 0 Å². The van der Waals surface area contributed by atoms with Crippen LogP contribution in [0.15, 0.2) is 15.9 Å². The number of halogens is 1. The second-order valence-corrected chi connectivity index (χ2v) is 7.79. The fraction of sp³-hybridized carbons (Fsp3) is 0.667. The van der Waals surface area contributed by atoms with Gasteiger partial charge in [0.05, 0.1) is 0 Å². The van der Waals surface area contributed by atoms with Gasteiger partial charge < -0.3 is 5.11 Å². The molecule has 21 heavy (non-hydrogen) atoms. The van der Waals surface area contributed by atoms with Gasteiger partial charge in [0.15, 0.2) is 0 Å². The Morgan fingerprint density at radius 2 is 2.10 bits per heavy atom. The first kappa shape index (κ1) is 15.5. The molecule has 0 saturated carbocycles. The number of carboxylic acid groups (broad SMARTS) is 1. The summed E-state index contributed by atoms with van der Waals surface area (Å²) in [6.07, 6.45) is 4.02. The van der Waals surface area contributed by atoms with Crippen molar-refractivity contribution in [2.75, 3.05) is 19.6 Å². The Labute approximate surface area is 137 Å². The maximum atomic E-state index is 11.3. The van der Waals surface area contributed by atoms with Crippen LogP contribution < -0.4 is 0 Å². The van der Waals surface area contributed by atoms with Crippen LogP contribution in [0.25, 0.3) is 0 Å². The van der Waals surface area contributed by atoms with E-state index in [1.807, 2.05) is 0 Å². The van der Waals surface area contributed by atoms with E-state index in [1.54, 1.807) is 11.3 Å². The zero-order valence-corrected chi connectivity index (χ0v) is 14.4. The second kappa shape index (κ2) is 6.77. The number of hydrogen-bond donors (Lipinski definition) is 1. The van der Waals surface area contributed by atoms with Crippen LogP contribution in [0.4, 0.5) is 0 Å². The molecule has 1 unspecified atom stereocenters. The Kier molecular flexibility index (Phi) is 4.99. The van der Waals surface area contributed by atoms with E-state index in [0.717, 1.165) is 51.9 Å². The first-order chi connectivity index (χ1) is 10.1. The van der Waals surface area contributed by atoms with E-state index in [1.165, 1.54) is 9.35 Å². The molecule has 1 aromatic heterocycles. The van der Waals surface area contributed by atoms with Crippen molar-refractivity contribution in [3.8, 4) is 0 Å². The maximum absolute atomic E-state index is 11.3. The van der Waals surface area contributed by atoms with Crippen LogP contribution in [0.5, 0.6) is 0 Å². The van der Waals surface area contributed by atoms with Gasteiger partial charge in [-0.15, -0.1) is 11.3 Å². The van der Waals surface area contributed by atoms with E-state index in [2.05, 4.69) is 37.2 Å². The third-order valence-electron chi connectivity index (χ3n) is 4.66. The van der Waals surface area contributed by atoms with Crippen LogP contribution in [0.2, 0.25) is 0 Å². The van der Waals surface area contributed by atoms with Crippen molar-refractivity contribution in [2.45, 2.75) is 44.3 Å². The van der Waals surface area contributed by atoms with Gasteiger partial charge in [0.25, 0.3) is 0 Å². The van der Waals surface area contributed by atoms with Crippen molar-refractivity contribution < 1.29 is 9.90 Å². The zero-order valence-electron chi connectivity index (χ0n) is 12.0. The molecule has 0 bridgehead atoms. The average Bonchev–Trinajstić information content (AvgIpc) is 3.10. The monoisotopic (exact) mass is 372 g/mol. The molecule has 116 valence electrons. The molecule has 1 atom stereocenters. The van der Waals surface area contributed by atoms with E-state index >= 15 is 0 Å². The molecule has 0 aromatic carbocycles. The zero-order chi connectivity index (χ0) is 14.8. The smallest absolute Gasteiger partial charge is 0.320 e. The van der Waals surface area contributed by atoms with Crippen LogP contribution in [0.3, 0.4) is 0 Å². The lowest BCUT2D eigenvalue weighted by atomic mass is 10.0. The summed E-state index contributed by atoms with van der Waals surface area (Å²) >= 11 is 5.39. The number of rotatable bonds is 4. The van der Waals surface area contributed by atoms with E-state index in [0.29, 0.717) is 6.04 Å². The molecule has 2 aliphatic rings. The molecule has 0 radical (unpaired) electrons. The molecule has 6 heteroatoms. The van der Waals surface area contributed by atoms with Crippen molar-refractivity contribution in [1.82, 2.24) is 9.80 Å². The molecule has 0 aliphatic carbocycles. The van der Waals surface area contributed by atoms with E-state index in [9.17, 15) is 9.90 Å². The predicted molar refractivity (Wildman–Crippen MR) is 87.7 cm³/mol. The highest BCUT2D eigenvalue weighted by molar-refractivity contribution is 9.10. The number of piperidine rings is 1. The van der Waals surface area contributed by atoms with Crippen LogP contribution in [-0.2, 0) is 11.3 Å². The summed E-state index contributed by atoms with van der Waals surface area (Å²) in [6, 6.07) is 2.32. The SMILES string of the molecule is O=C(O)C1CCCN1C1CCN(Cc2sccc2Br)CC1. The molecule has 2 saturated heterocycles. The Balaban J connectivity index is 1.53. The predicted octanol–water partition coefficient (Wildman–Crippen LogP) is 3.02. The van der Waals surface area contributed by atoms with Crippen LogP contribution in [0.1, 0.15) is 30.6 Å². The third-order valence-corrected chi connectivity index (χ3v) is 6.57. The number of carboxylic acids is 1. The van der Waals surface area contributed by atoms with Crippen LogP contribution >= 0.6 is 27.3 Å². The van der Waals surface area contributed by atoms with E-state index < -0.39 is 5.97 Å². The lowest BCUT2D eigenvalue weighted by molar-refractivity contribution is -0.143. The lowest BCUT2D eigenvalue weighted by Crippen LogP contribution is -2.48. The number of carbonyl (C=O) groups is 1. The minimum Gasteiger partial charge on any atom is -0.480 e. The van der Waals surface area contributed by atoms with Crippen molar-refractivity contribution in [3.63, 3.8) is 0 Å². The molecule has 1 aromatic rings. The summed E-state index contributed by atoms with van der Waals surface area (Å²) in [7, 11) is 0. The standard InChI is InChI=1S/C15H21BrN2O2S/c16-12-5-9-21-14(12)10-17-7-3-11(4-8-17)18-6-1-2-13(18)15(19)20/h5,9,11,13H,1-4,6-8,10H2,(H,19,20). The third kappa shape index (κ3) is 3.50. The van der Waals surface area contributed by atoms with Gasteiger partial charge >= 0.3 is 5.97 Å². The van der Waals surface area contributed by atoms with Gasteiger partial charge in [0, 0.05) is 35.0 Å². The Morgan fingerprint density at radius 3 is 2.71 bits per heavy atom. The number of aliphatic carboxylic acids is 1. The Hall–Kier alpha value is -0.430. The van der Waals surface area contributed by atoms with E-state index in [4.69, 9.17) is 0 Å². The first-order valence-electron chi connectivity index (χ1n) is 7.58. The van der Waals surface area contributed by atoms with Crippen LogP contribution in [-0.4, -0.2) is 52.6 Å². The van der Waals surface area contributed by atoms with Crippen molar-refractivity contribution in [3.05, 3.63) is 20.8 Å². The highest BCUT2D eigenvalue weighted by Gasteiger charge is 2.36. The first-order valence-corrected chi connectivity index (χ1v) is 9.25. The molecule has 3 heterocycles. The lowest BCUT2D eigenvalue weighted by Gasteiger charge is -2.38. The number of thiophene rings is 1. The minimum absolute atomic E-state index is 0.243. The Morgan fingerprint density at radius 1 is 1.33 bits per heavy atom. The molecule has 4 nitrogen and oxygen atoms in total. The van der Waals surface area contributed by atoms with Gasteiger partial charge in [-0.2, -0.15) is 0 Å². The normalized spacial score (nSPS) is 25.5. The molecule has 2 fully saturated rings. The summed E-state index contributed by atoms with van der Waals surface area (Å²) in [5.74, 6) is -0.641. The quantitative estimate of drug-likeness (QED) is 0.881. The summed E-state index contributed by atoms with van der Waals surface area (Å²) in [6.45, 7) is 4.10. The molecule has 2 aliphatic heterocycles. The molecular weight excluding hydrogens is 352 g/mol.